The predicted molar refractivity (Wildman–Crippen MR) is 111 cm³/mol. The van der Waals surface area contributed by atoms with Crippen LogP contribution in [0.4, 0.5) is 5.69 Å². The van der Waals surface area contributed by atoms with Gasteiger partial charge in [0.25, 0.3) is 5.91 Å². The molecule has 0 saturated heterocycles. The first-order valence-electron chi connectivity index (χ1n) is 9.06. The fraction of sp³-hybridized carbons (Fsp3) is 0.130. The minimum absolute atomic E-state index is 0.129. The van der Waals surface area contributed by atoms with Gasteiger partial charge in [-0.1, -0.05) is 17.7 Å². The lowest BCUT2D eigenvalue weighted by Gasteiger charge is -2.07. The van der Waals surface area contributed by atoms with E-state index in [2.05, 4.69) is 5.32 Å². The van der Waals surface area contributed by atoms with Gasteiger partial charge in [0.05, 0.1) is 18.5 Å². The van der Waals surface area contributed by atoms with E-state index >= 15 is 0 Å². The van der Waals surface area contributed by atoms with E-state index in [0.29, 0.717) is 5.56 Å². The molecule has 5 nitrogen and oxygen atoms in total. The number of rotatable bonds is 4. The third-order valence-electron chi connectivity index (χ3n) is 4.76. The Labute approximate surface area is 163 Å². The number of imidazole rings is 1. The van der Waals surface area contributed by atoms with Crippen molar-refractivity contribution in [2.24, 2.45) is 0 Å². The monoisotopic (exact) mass is 371 g/mol. The van der Waals surface area contributed by atoms with Gasteiger partial charge in [-0.2, -0.15) is 0 Å². The van der Waals surface area contributed by atoms with Crippen molar-refractivity contribution in [1.29, 1.82) is 0 Å². The van der Waals surface area contributed by atoms with E-state index in [9.17, 15) is 4.79 Å². The zero-order valence-electron chi connectivity index (χ0n) is 16.1. The second-order valence-electron chi connectivity index (χ2n) is 6.74. The molecule has 2 heterocycles. The van der Waals surface area contributed by atoms with Gasteiger partial charge in [-0.05, 0) is 62.4 Å². The van der Waals surface area contributed by atoms with Crippen molar-refractivity contribution in [3.05, 3.63) is 83.7 Å². The number of aromatic nitrogens is 2. The molecule has 0 aliphatic carbocycles. The van der Waals surface area contributed by atoms with E-state index in [-0.39, 0.29) is 5.91 Å². The molecule has 0 aliphatic rings. The summed E-state index contributed by atoms with van der Waals surface area (Å²) in [6.45, 7) is 3.99. The number of ether oxygens (including phenoxy) is 1. The van der Waals surface area contributed by atoms with Crippen molar-refractivity contribution in [2.75, 3.05) is 12.4 Å². The molecule has 1 N–H and O–H groups in total. The van der Waals surface area contributed by atoms with E-state index < -0.39 is 0 Å². The van der Waals surface area contributed by atoms with Crippen LogP contribution in [0.5, 0.6) is 5.75 Å². The lowest BCUT2D eigenvalue weighted by Crippen LogP contribution is -2.12. The molecular formula is C23H21N3O2. The second kappa shape index (κ2) is 7.19. The van der Waals surface area contributed by atoms with Gasteiger partial charge in [0.15, 0.2) is 0 Å². The van der Waals surface area contributed by atoms with Crippen LogP contribution in [0.2, 0.25) is 0 Å². The van der Waals surface area contributed by atoms with Crippen molar-refractivity contribution in [2.45, 2.75) is 13.8 Å². The molecule has 5 heteroatoms. The zero-order valence-corrected chi connectivity index (χ0v) is 16.1. The Hall–Kier alpha value is -3.60. The van der Waals surface area contributed by atoms with E-state index in [0.717, 1.165) is 39.6 Å². The molecule has 1 amide bonds. The highest BCUT2D eigenvalue weighted by Gasteiger charge is 2.12. The summed E-state index contributed by atoms with van der Waals surface area (Å²) in [4.78, 5) is 17.3. The van der Waals surface area contributed by atoms with Crippen LogP contribution in [0.15, 0.2) is 66.9 Å². The van der Waals surface area contributed by atoms with Gasteiger partial charge in [0, 0.05) is 23.0 Å². The van der Waals surface area contributed by atoms with E-state index in [4.69, 9.17) is 9.72 Å². The standard InChI is InChI=1S/C23H21N3O2/c1-15-5-4-6-18(13-15)23(27)24-19-9-12-21-25-22(16(2)26(21)14-19)17-7-10-20(28-3)11-8-17/h4-14H,1-3H3,(H,24,27). The van der Waals surface area contributed by atoms with Gasteiger partial charge in [-0.3, -0.25) is 4.79 Å². The van der Waals surface area contributed by atoms with Gasteiger partial charge in [0.1, 0.15) is 11.4 Å². The Morgan fingerprint density at radius 2 is 1.82 bits per heavy atom. The highest BCUT2D eigenvalue weighted by molar-refractivity contribution is 6.04. The first-order valence-corrected chi connectivity index (χ1v) is 9.06. The SMILES string of the molecule is COc1ccc(-c2nc3ccc(NC(=O)c4cccc(C)c4)cn3c2C)cc1. The van der Waals surface area contributed by atoms with Crippen molar-refractivity contribution >= 4 is 17.2 Å². The minimum atomic E-state index is -0.129. The lowest BCUT2D eigenvalue weighted by molar-refractivity contribution is 0.102. The summed E-state index contributed by atoms with van der Waals surface area (Å²) < 4.78 is 7.22. The summed E-state index contributed by atoms with van der Waals surface area (Å²) in [6.07, 6.45) is 1.90. The van der Waals surface area contributed by atoms with Crippen molar-refractivity contribution in [3.63, 3.8) is 0 Å². The van der Waals surface area contributed by atoms with E-state index in [1.54, 1.807) is 7.11 Å². The van der Waals surface area contributed by atoms with Gasteiger partial charge >= 0.3 is 0 Å². The summed E-state index contributed by atoms with van der Waals surface area (Å²) in [7, 11) is 1.65. The Bertz CT molecular complexity index is 1160. The molecule has 4 rings (SSSR count). The summed E-state index contributed by atoms with van der Waals surface area (Å²) in [5.74, 6) is 0.683. The number of fused-ring (bicyclic) bond motifs is 1. The Morgan fingerprint density at radius 3 is 2.54 bits per heavy atom. The number of aryl methyl sites for hydroxylation is 2. The number of nitrogens with one attached hydrogen (secondary N) is 1. The largest absolute Gasteiger partial charge is 0.497 e. The van der Waals surface area contributed by atoms with Crippen molar-refractivity contribution in [3.8, 4) is 17.0 Å². The van der Waals surface area contributed by atoms with Crippen LogP contribution >= 0.6 is 0 Å². The summed E-state index contributed by atoms with van der Waals surface area (Å²) in [5, 5.41) is 2.96. The van der Waals surface area contributed by atoms with Crippen LogP contribution < -0.4 is 10.1 Å². The number of carbonyl (C=O) groups excluding carboxylic acids is 1. The maximum Gasteiger partial charge on any atom is 0.255 e. The molecule has 140 valence electrons. The summed E-state index contributed by atoms with van der Waals surface area (Å²) in [5.41, 5.74) is 6.18. The molecule has 0 bridgehead atoms. The van der Waals surface area contributed by atoms with Crippen LogP contribution in [0.25, 0.3) is 16.9 Å². The maximum atomic E-state index is 12.5. The highest BCUT2D eigenvalue weighted by Crippen LogP contribution is 2.26. The second-order valence-corrected chi connectivity index (χ2v) is 6.74. The van der Waals surface area contributed by atoms with E-state index in [1.165, 1.54) is 0 Å². The number of carbonyl (C=O) groups is 1. The average Bonchev–Trinajstić information content (AvgIpc) is 3.04. The summed E-state index contributed by atoms with van der Waals surface area (Å²) >= 11 is 0. The first kappa shape index (κ1) is 17.8. The van der Waals surface area contributed by atoms with Gasteiger partial charge < -0.3 is 14.5 Å². The maximum absolute atomic E-state index is 12.5. The fourth-order valence-corrected chi connectivity index (χ4v) is 3.25. The van der Waals surface area contributed by atoms with Crippen LogP contribution in [-0.4, -0.2) is 22.4 Å². The minimum Gasteiger partial charge on any atom is -0.497 e. The third-order valence-corrected chi connectivity index (χ3v) is 4.76. The van der Waals surface area contributed by atoms with E-state index in [1.807, 2.05) is 85.1 Å². The number of methoxy groups -OCH3 is 1. The quantitative estimate of drug-likeness (QED) is 0.556. The topological polar surface area (TPSA) is 55.6 Å². The lowest BCUT2D eigenvalue weighted by atomic mass is 10.1. The number of nitrogens with zero attached hydrogens (tertiary/aromatic N) is 2. The predicted octanol–water partition coefficient (Wildman–Crippen LogP) is 4.88. The average molecular weight is 371 g/mol. The molecule has 2 aromatic heterocycles. The molecule has 28 heavy (non-hydrogen) atoms. The molecule has 0 saturated carbocycles. The smallest absolute Gasteiger partial charge is 0.255 e. The normalized spacial score (nSPS) is 10.8. The molecule has 4 aromatic rings. The fourth-order valence-electron chi connectivity index (χ4n) is 3.25. The van der Waals surface area contributed by atoms with Crippen LogP contribution in [0.1, 0.15) is 21.6 Å². The van der Waals surface area contributed by atoms with Crippen molar-refractivity contribution in [1.82, 2.24) is 9.38 Å². The van der Waals surface area contributed by atoms with Gasteiger partial charge in [0.2, 0.25) is 0 Å². The van der Waals surface area contributed by atoms with Crippen LogP contribution in [0.3, 0.4) is 0 Å². The molecular weight excluding hydrogens is 350 g/mol. The Morgan fingerprint density at radius 1 is 1.04 bits per heavy atom. The van der Waals surface area contributed by atoms with Crippen LogP contribution in [0, 0.1) is 13.8 Å². The van der Waals surface area contributed by atoms with Crippen LogP contribution in [-0.2, 0) is 0 Å². The van der Waals surface area contributed by atoms with Gasteiger partial charge in [-0.15, -0.1) is 0 Å². The molecule has 0 unspecified atom stereocenters. The third kappa shape index (κ3) is 3.34. The highest BCUT2D eigenvalue weighted by atomic mass is 16.5. The Balaban J connectivity index is 1.65. The molecule has 0 radical (unpaired) electrons. The number of benzene rings is 2. The summed E-state index contributed by atoms with van der Waals surface area (Å²) in [6, 6.07) is 19.1. The van der Waals surface area contributed by atoms with Crippen molar-refractivity contribution < 1.29 is 9.53 Å². The molecule has 0 fully saturated rings. The molecule has 0 atom stereocenters. The number of amides is 1. The molecule has 2 aromatic carbocycles. The number of anilines is 1. The van der Waals surface area contributed by atoms with Gasteiger partial charge in [-0.25, -0.2) is 4.98 Å². The molecule has 0 aliphatic heterocycles. The first-order chi connectivity index (χ1) is 13.5. The number of hydrogen-bond donors (Lipinski definition) is 1. The number of hydrogen-bond acceptors (Lipinski definition) is 3. The zero-order chi connectivity index (χ0) is 19.7. The number of pyridine rings is 1. The Kier molecular flexibility index (Phi) is 4.57. The molecule has 0 spiro atoms.